The molecule has 0 aliphatic heterocycles. The predicted octanol–water partition coefficient (Wildman–Crippen LogP) is 14.3. The Kier molecular flexibility index (Phi) is 47.2. The average Bonchev–Trinajstić information content (AvgIpc) is 3.30. The van der Waals surface area contributed by atoms with E-state index in [0.717, 1.165) is 161 Å². The molecule has 380 valence electrons. The maximum atomic E-state index is 12.8. The first-order chi connectivity index (χ1) is 32.2. The minimum Gasteiger partial charge on any atom is -0.462 e. The van der Waals surface area contributed by atoms with E-state index in [0.29, 0.717) is 12.8 Å². The molecule has 0 aliphatic rings. The fourth-order valence-electron chi connectivity index (χ4n) is 7.26. The molecule has 0 aromatic heterocycles. The number of hydrogen-bond donors (Lipinski definition) is 3. The van der Waals surface area contributed by atoms with Gasteiger partial charge in [-0.05, 0) is 77.0 Å². The first kappa shape index (κ1) is 62.7. The minimum absolute atomic E-state index is 0.148. The molecule has 0 saturated carbocycles. The van der Waals surface area contributed by atoms with Gasteiger partial charge < -0.3 is 29.5 Å². The molecule has 3 unspecified atom stereocenters. The van der Waals surface area contributed by atoms with E-state index in [1.165, 1.54) is 19.3 Å². The second kappa shape index (κ2) is 49.6. The van der Waals surface area contributed by atoms with Gasteiger partial charge in [-0.25, -0.2) is 0 Å². The summed E-state index contributed by atoms with van der Waals surface area (Å²) in [6, 6.07) is 0. The summed E-state index contributed by atoms with van der Waals surface area (Å²) in [4.78, 5) is 38.0. The van der Waals surface area contributed by atoms with E-state index in [1.54, 1.807) is 0 Å². The number of aliphatic hydroxyl groups is 3. The van der Waals surface area contributed by atoms with Crippen LogP contribution in [0.2, 0.25) is 0 Å². The van der Waals surface area contributed by atoms with Gasteiger partial charge in [0.2, 0.25) is 0 Å². The van der Waals surface area contributed by atoms with Gasteiger partial charge in [0.1, 0.15) is 13.2 Å². The summed E-state index contributed by atoms with van der Waals surface area (Å²) in [6.07, 6.45) is 52.3. The van der Waals surface area contributed by atoms with Gasteiger partial charge >= 0.3 is 17.9 Å². The van der Waals surface area contributed by atoms with Crippen molar-refractivity contribution in [1.29, 1.82) is 0 Å². The fourth-order valence-corrected chi connectivity index (χ4v) is 7.26. The fraction of sp³-hybridized carbons (Fsp3) is 0.737. The van der Waals surface area contributed by atoms with E-state index in [4.69, 9.17) is 14.2 Å². The number of esters is 3. The van der Waals surface area contributed by atoms with E-state index in [2.05, 4.69) is 39.0 Å². The maximum Gasteiger partial charge on any atom is 0.306 e. The van der Waals surface area contributed by atoms with Crippen molar-refractivity contribution in [2.24, 2.45) is 0 Å². The third-order valence-electron chi connectivity index (χ3n) is 11.5. The number of carbonyl (C=O) groups excluding carboxylic acids is 3. The zero-order valence-electron chi connectivity index (χ0n) is 42.3. The Morgan fingerprint density at radius 1 is 0.379 bits per heavy atom. The zero-order chi connectivity index (χ0) is 48.4. The number of unbranched alkanes of at least 4 members (excludes halogenated alkanes) is 21. The first-order valence-electron chi connectivity index (χ1n) is 26.8. The van der Waals surface area contributed by atoms with Gasteiger partial charge in [0.05, 0.1) is 18.3 Å². The van der Waals surface area contributed by atoms with Gasteiger partial charge in [-0.15, -0.1) is 0 Å². The van der Waals surface area contributed by atoms with Crippen molar-refractivity contribution >= 4 is 17.9 Å². The van der Waals surface area contributed by atoms with Crippen molar-refractivity contribution in [3.63, 3.8) is 0 Å². The Hall–Kier alpha value is -3.27. The van der Waals surface area contributed by atoms with Crippen LogP contribution in [0.5, 0.6) is 0 Å². The molecule has 0 heterocycles. The second-order valence-electron chi connectivity index (χ2n) is 18.0. The molecule has 0 amide bonds. The quantitative estimate of drug-likeness (QED) is 0.0235. The molecule has 0 aromatic carbocycles. The normalized spacial score (nSPS) is 14.1. The summed E-state index contributed by atoms with van der Waals surface area (Å²) >= 11 is 0. The molecule has 0 bridgehead atoms. The molecule has 0 radical (unpaired) electrons. The molecule has 0 aromatic rings. The lowest BCUT2D eigenvalue weighted by atomic mass is 10.1. The average molecular weight is 927 g/mol. The van der Waals surface area contributed by atoms with Crippen LogP contribution in [0, 0.1) is 0 Å². The highest BCUT2D eigenvalue weighted by Crippen LogP contribution is 2.14. The predicted molar refractivity (Wildman–Crippen MR) is 274 cm³/mol. The number of ether oxygens (including phenoxy) is 3. The number of rotatable bonds is 47. The van der Waals surface area contributed by atoms with Crippen molar-refractivity contribution < 1.29 is 43.9 Å². The lowest BCUT2D eigenvalue weighted by Gasteiger charge is -2.18. The molecule has 0 spiro atoms. The SMILES string of the molecule is CCCCC/C=C\C=C\C(O)CCCCCCCC(=O)OC[C@@H](COC(=O)CCCCCCC/C=C\C=C\C(O)CCCCC)OC(=O)CCCCCCC/C=C\C=C\C(O)CCCCC. The Morgan fingerprint density at radius 3 is 1.08 bits per heavy atom. The van der Waals surface area contributed by atoms with Gasteiger partial charge in [0.15, 0.2) is 6.10 Å². The summed E-state index contributed by atoms with van der Waals surface area (Å²) in [5, 5.41) is 30.2. The zero-order valence-corrected chi connectivity index (χ0v) is 42.3. The second-order valence-corrected chi connectivity index (χ2v) is 18.0. The summed E-state index contributed by atoms with van der Waals surface area (Å²) < 4.78 is 16.7. The Labute approximate surface area is 403 Å². The van der Waals surface area contributed by atoms with Gasteiger partial charge in [-0.3, -0.25) is 14.4 Å². The number of aliphatic hydroxyl groups excluding tert-OH is 3. The van der Waals surface area contributed by atoms with Crippen LogP contribution in [-0.2, 0) is 28.6 Å². The highest BCUT2D eigenvalue weighted by atomic mass is 16.6. The summed E-state index contributed by atoms with van der Waals surface area (Å²) in [7, 11) is 0. The molecular weight excluding hydrogens is 829 g/mol. The van der Waals surface area contributed by atoms with Gasteiger partial charge in [0.25, 0.3) is 0 Å². The van der Waals surface area contributed by atoms with Crippen molar-refractivity contribution in [3.05, 3.63) is 72.9 Å². The first-order valence-corrected chi connectivity index (χ1v) is 26.8. The van der Waals surface area contributed by atoms with Crippen molar-refractivity contribution in [1.82, 2.24) is 0 Å². The van der Waals surface area contributed by atoms with E-state index >= 15 is 0 Å². The summed E-state index contributed by atoms with van der Waals surface area (Å²) in [5.74, 6) is -1.10. The van der Waals surface area contributed by atoms with E-state index in [-0.39, 0.29) is 62.6 Å². The molecule has 66 heavy (non-hydrogen) atoms. The van der Waals surface area contributed by atoms with Gasteiger partial charge in [-0.2, -0.15) is 0 Å². The Bertz CT molecular complexity index is 1300. The monoisotopic (exact) mass is 927 g/mol. The highest BCUT2D eigenvalue weighted by Gasteiger charge is 2.19. The van der Waals surface area contributed by atoms with Crippen LogP contribution in [0.15, 0.2) is 72.9 Å². The standard InChI is InChI=1S/C57H98O9/c1-4-7-10-11-18-24-33-44-53(60)45-36-27-23-30-38-47-56(62)65-50-54(66-57(63)48-39-29-22-17-13-15-20-26-35-43-52(59)41-32-9-6-3)49-64-55(61)46-37-28-21-16-12-14-19-25-34-42-51(58)40-31-8-5-2/h18-20,24-26,33-35,42-44,51-54,58-60H,4-17,21-23,27-32,36-41,45-50H2,1-3H3/b24-18-,25-19-,26-20-,42-34+,43-35+,44-33+/t51?,52?,53?,54-/m1/s1. The van der Waals surface area contributed by atoms with E-state index in [1.807, 2.05) is 54.7 Å². The van der Waals surface area contributed by atoms with Crippen LogP contribution in [0.1, 0.15) is 233 Å². The van der Waals surface area contributed by atoms with Crippen molar-refractivity contribution in [3.8, 4) is 0 Å². The largest absolute Gasteiger partial charge is 0.462 e. The summed E-state index contributed by atoms with van der Waals surface area (Å²) in [5.41, 5.74) is 0. The molecule has 3 N–H and O–H groups in total. The minimum atomic E-state index is -0.854. The Balaban J connectivity index is 4.59. The lowest BCUT2D eigenvalue weighted by Crippen LogP contribution is -2.30. The smallest absolute Gasteiger partial charge is 0.306 e. The number of carbonyl (C=O) groups is 3. The molecule has 0 fully saturated rings. The maximum absolute atomic E-state index is 12.8. The van der Waals surface area contributed by atoms with Crippen LogP contribution >= 0.6 is 0 Å². The van der Waals surface area contributed by atoms with Crippen LogP contribution in [-0.4, -0.2) is 70.9 Å². The van der Waals surface area contributed by atoms with Gasteiger partial charge in [-0.1, -0.05) is 209 Å². The van der Waals surface area contributed by atoms with E-state index < -0.39 is 12.2 Å². The van der Waals surface area contributed by atoms with Crippen LogP contribution < -0.4 is 0 Å². The third-order valence-corrected chi connectivity index (χ3v) is 11.5. The number of allylic oxidation sites excluding steroid dienone is 9. The molecule has 0 saturated heterocycles. The number of hydrogen-bond acceptors (Lipinski definition) is 9. The highest BCUT2D eigenvalue weighted by molar-refractivity contribution is 5.71. The molecule has 0 aliphatic carbocycles. The third kappa shape index (κ3) is 47.2. The molecular formula is C57H98O9. The van der Waals surface area contributed by atoms with Crippen LogP contribution in [0.3, 0.4) is 0 Å². The van der Waals surface area contributed by atoms with Gasteiger partial charge in [0, 0.05) is 19.3 Å². The lowest BCUT2D eigenvalue weighted by molar-refractivity contribution is -0.167. The Morgan fingerprint density at radius 2 is 0.682 bits per heavy atom. The van der Waals surface area contributed by atoms with Crippen molar-refractivity contribution in [2.45, 2.75) is 257 Å². The topological polar surface area (TPSA) is 140 Å². The summed E-state index contributed by atoms with van der Waals surface area (Å²) in [6.45, 7) is 6.22. The van der Waals surface area contributed by atoms with Crippen molar-refractivity contribution in [2.75, 3.05) is 13.2 Å². The molecule has 4 atom stereocenters. The molecule has 9 heteroatoms. The van der Waals surface area contributed by atoms with Crippen LogP contribution in [0.4, 0.5) is 0 Å². The van der Waals surface area contributed by atoms with E-state index in [9.17, 15) is 29.7 Å². The molecule has 0 rings (SSSR count). The molecule has 9 nitrogen and oxygen atoms in total. The van der Waals surface area contributed by atoms with Crippen LogP contribution in [0.25, 0.3) is 0 Å².